The summed E-state index contributed by atoms with van der Waals surface area (Å²) in [6.45, 7) is 6.17. The van der Waals surface area contributed by atoms with Crippen molar-refractivity contribution in [3.05, 3.63) is 92.6 Å². The first kappa shape index (κ1) is 25.0. The van der Waals surface area contributed by atoms with Crippen molar-refractivity contribution in [2.24, 2.45) is 10.9 Å². The predicted octanol–water partition coefficient (Wildman–Crippen LogP) is 7.19. The lowest BCUT2D eigenvalue weighted by molar-refractivity contribution is -0.384. The summed E-state index contributed by atoms with van der Waals surface area (Å²) in [6, 6.07) is 18.5. The van der Waals surface area contributed by atoms with Crippen molar-refractivity contribution >= 4 is 40.3 Å². The second kappa shape index (κ2) is 10.4. The van der Waals surface area contributed by atoms with Crippen LogP contribution in [0.5, 0.6) is 0 Å². The maximum Gasteiger partial charge on any atom is 0.271 e. The molecule has 37 heavy (non-hydrogen) atoms. The van der Waals surface area contributed by atoms with Crippen molar-refractivity contribution < 1.29 is 9.72 Å². The third kappa shape index (κ3) is 4.98. The van der Waals surface area contributed by atoms with Gasteiger partial charge in [0.25, 0.3) is 11.6 Å². The van der Waals surface area contributed by atoms with Gasteiger partial charge in [-0.05, 0) is 80.3 Å². The second-order valence-electron chi connectivity index (χ2n) is 9.78. The number of para-hydroxylation sites is 1. The number of aromatic nitrogens is 1. The molecule has 0 bridgehead atoms. The normalized spacial score (nSPS) is 22.2. The number of aryl methyl sites for hydroxylation is 1. The van der Waals surface area contributed by atoms with E-state index in [0.717, 1.165) is 52.8 Å². The summed E-state index contributed by atoms with van der Waals surface area (Å²) < 4.78 is 1.99. The van der Waals surface area contributed by atoms with Crippen LogP contribution in [0, 0.1) is 29.9 Å². The molecule has 0 spiro atoms. The first-order chi connectivity index (χ1) is 17.8. The van der Waals surface area contributed by atoms with Crippen molar-refractivity contribution in [3.8, 4) is 5.69 Å². The van der Waals surface area contributed by atoms with Gasteiger partial charge in [-0.3, -0.25) is 19.8 Å². The number of nitrogens with zero attached hydrogens (tertiary/aromatic N) is 4. The minimum Gasteiger partial charge on any atom is -0.318 e. The lowest BCUT2D eigenvalue weighted by Crippen LogP contribution is -2.44. The number of nitro groups is 1. The van der Waals surface area contributed by atoms with E-state index in [-0.39, 0.29) is 22.6 Å². The summed E-state index contributed by atoms with van der Waals surface area (Å²) in [5.41, 5.74) is 4.38. The van der Waals surface area contributed by atoms with E-state index in [1.54, 1.807) is 12.1 Å². The maximum absolute atomic E-state index is 13.8. The highest BCUT2D eigenvalue weighted by molar-refractivity contribution is 8.18. The van der Waals surface area contributed by atoms with E-state index in [1.165, 1.54) is 24.2 Å². The number of aliphatic imine (C=N–C) groups is 1. The number of carbonyl (C=O) groups excluding carboxylic acids is 1. The van der Waals surface area contributed by atoms with E-state index >= 15 is 0 Å². The molecule has 1 amide bonds. The monoisotopic (exact) mass is 514 g/mol. The Hall–Kier alpha value is -3.65. The Morgan fingerprint density at radius 1 is 1.05 bits per heavy atom. The molecule has 190 valence electrons. The highest BCUT2D eigenvalue weighted by atomic mass is 32.2. The SMILES string of the molecule is Cc1cc(/C=C2\SC(=Nc3ccccc3)N([C@H]3CCCC[C@H]3C)C2=O)c(C)n1-c1cccc([N+](=O)[O-])c1. The van der Waals surface area contributed by atoms with Gasteiger partial charge in [0.15, 0.2) is 5.17 Å². The molecule has 2 heterocycles. The predicted molar refractivity (Wildman–Crippen MR) is 149 cm³/mol. The Labute approximate surface area is 221 Å². The molecule has 0 unspecified atom stereocenters. The Morgan fingerprint density at radius 3 is 2.54 bits per heavy atom. The zero-order valence-corrected chi connectivity index (χ0v) is 22.1. The molecular formula is C29H30N4O3S. The van der Waals surface area contributed by atoms with Gasteiger partial charge in [-0.25, -0.2) is 4.99 Å². The zero-order chi connectivity index (χ0) is 26.1. The van der Waals surface area contributed by atoms with Crippen LogP contribution in [0.15, 0.2) is 70.6 Å². The molecule has 8 heteroatoms. The molecule has 5 rings (SSSR count). The fourth-order valence-corrected chi connectivity index (χ4v) is 6.40. The summed E-state index contributed by atoms with van der Waals surface area (Å²) in [5, 5.41) is 12.0. The molecule has 1 saturated heterocycles. The lowest BCUT2D eigenvalue weighted by atomic mass is 9.85. The number of amides is 1. The van der Waals surface area contributed by atoms with Crippen LogP contribution in [0.2, 0.25) is 0 Å². The van der Waals surface area contributed by atoms with Crippen molar-refractivity contribution in [1.82, 2.24) is 9.47 Å². The number of hydrogen-bond acceptors (Lipinski definition) is 5. The van der Waals surface area contributed by atoms with Crippen molar-refractivity contribution in [3.63, 3.8) is 0 Å². The molecule has 3 aromatic rings. The highest BCUT2D eigenvalue weighted by Gasteiger charge is 2.41. The van der Waals surface area contributed by atoms with E-state index in [1.807, 2.05) is 71.9 Å². The van der Waals surface area contributed by atoms with Crippen LogP contribution >= 0.6 is 11.8 Å². The molecule has 2 aliphatic rings. The molecular weight excluding hydrogens is 484 g/mol. The van der Waals surface area contributed by atoms with Gasteiger partial charge in [0.2, 0.25) is 0 Å². The summed E-state index contributed by atoms with van der Waals surface area (Å²) in [5.74, 6) is 0.413. The molecule has 2 atom stereocenters. The van der Waals surface area contributed by atoms with Crippen molar-refractivity contribution in [2.45, 2.75) is 52.5 Å². The van der Waals surface area contributed by atoms with E-state index < -0.39 is 0 Å². The number of carbonyl (C=O) groups is 1. The molecule has 1 aliphatic heterocycles. The van der Waals surface area contributed by atoms with Crippen LogP contribution in [0.1, 0.15) is 49.6 Å². The zero-order valence-electron chi connectivity index (χ0n) is 21.3. The van der Waals surface area contributed by atoms with Crippen LogP contribution in [-0.2, 0) is 4.79 Å². The quantitative estimate of drug-likeness (QED) is 0.205. The van der Waals surface area contributed by atoms with E-state index in [9.17, 15) is 14.9 Å². The Morgan fingerprint density at radius 2 is 1.81 bits per heavy atom. The van der Waals surface area contributed by atoms with Gasteiger partial charge in [-0.15, -0.1) is 0 Å². The summed E-state index contributed by atoms with van der Waals surface area (Å²) in [6.07, 6.45) is 6.35. The van der Waals surface area contributed by atoms with E-state index in [4.69, 9.17) is 4.99 Å². The molecule has 0 radical (unpaired) electrons. The Balaban J connectivity index is 1.54. The molecule has 1 aromatic heterocycles. The van der Waals surface area contributed by atoms with Crippen molar-refractivity contribution in [1.29, 1.82) is 0 Å². The number of rotatable bonds is 5. The Bertz CT molecular complexity index is 1410. The van der Waals surface area contributed by atoms with Crippen LogP contribution < -0.4 is 0 Å². The van der Waals surface area contributed by atoms with E-state index in [2.05, 4.69) is 6.92 Å². The van der Waals surface area contributed by atoms with Crippen molar-refractivity contribution in [2.75, 3.05) is 0 Å². The average molecular weight is 515 g/mol. The maximum atomic E-state index is 13.8. The van der Waals surface area contributed by atoms with Gasteiger partial charge >= 0.3 is 0 Å². The average Bonchev–Trinajstić information content (AvgIpc) is 3.34. The van der Waals surface area contributed by atoms with Gasteiger partial charge in [-0.1, -0.05) is 44.0 Å². The minimum atomic E-state index is -0.386. The molecule has 0 N–H and O–H groups in total. The summed E-state index contributed by atoms with van der Waals surface area (Å²) >= 11 is 1.43. The lowest BCUT2D eigenvalue weighted by Gasteiger charge is -2.35. The Kier molecular flexibility index (Phi) is 7.02. The smallest absolute Gasteiger partial charge is 0.271 e. The molecule has 7 nitrogen and oxygen atoms in total. The minimum absolute atomic E-state index is 0.00131. The number of benzene rings is 2. The molecule has 1 saturated carbocycles. The standard InChI is InChI=1S/C29H30N4O3S/c1-19-10-7-8-15-26(19)32-28(34)27(37-29(32)30-23-11-5-4-6-12-23)17-22-16-20(2)31(21(22)3)24-13-9-14-25(18-24)33(35)36/h4-6,9,11-14,16-19,26H,7-8,10,15H2,1-3H3/b27-17-,30-29?/t19-,26+/m1/s1. The first-order valence-electron chi connectivity index (χ1n) is 12.6. The fraction of sp³-hybridized carbons (Fsp3) is 0.310. The first-order valence-corrected chi connectivity index (χ1v) is 13.5. The molecule has 2 aromatic carbocycles. The van der Waals surface area contributed by atoms with Crippen LogP contribution in [0.4, 0.5) is 11.4 Å². The summed E-state index contributed by atoms with van der Waals surface area (Å²) in [4.78, 5) is 32.2. The highest BCUT2D eigenvalue weighted by Crippen LogP contribution is 2.40. The number of thioether (sulfide) groups is 1. The second-order valence-corrected chi connectivity index (χ2v) is 10.8. The largest absolute Gasteiger partial charge is 0.318 e. The fourth-order valence-electron chi connectivity index (χ4n) is 5.37. The third-order valence-corrected chi connectivity index (χ3v) is 8.25. The third-order valence-electron chi connectivity index (χ3n) is 7.27. The van der Waals surface area contributed by atoms with Gasteiger partial charge in [0.05, 0.1) is 21.2 Å². The van der Waals surface area contributed by atoms with Gasteiger partial charge in [-0.2, -0.15) is 0 Å². The van der Waals surface area contributed by atoms with Crippen LogP contribution in [0.3, 0.4) is 0 Å². The van der Waals surface area contributed by atoms with Crippen LogP contribution in [-0.4, -0.2) is 31.5 Å². The number of hydrogen-bond donors (Lipinski definition) is 0. The number of non-ortho nitro benzene ring substituents is 1. The molecule has 2 fully saturated rings. The molecule has 1 aliphatic carbocycles. The van der Waals surface area contributed by atoms with Gasteiger partial charge < -0.3 is 4.57 Å². The summed E-state index contributed by atoms with van der Waals surface area (Å²) in [7, 11) is 0. The topological polar surface area (TPSA) is 80.7 Å². The number of nitro benzene ring substituents is 1. The van der Waals surface area contributed by atoms with Crippen LogP contribution in [0.25, 0.3) is 11.8 Å². The van der Waals surface area contributed by atoms with Gasteiger partial charge in [0, 0.05) is 29.6 Å². The van der Waals surface area contributed by atoms with E-state index in [0.29, 0.717) is 10.8 Å². The number of amidine groups is 1. The van der Waals surface area contributed by atoms with Gasteiger partial charge in [0.1, 0.15) is 0 Å².